The van der Waals surface area contributed by atoms with Crippen molar-refractivity contribution < 1.29 is 0 Å². The molecule has 2 aromatic rings. The summed E-state index contributed by atoms with van der Waals surface area (Å²) in [6, 6.07) is 22.2. The molecule has 0 heterocycles. The lowest BCUT2D eigenvalue weighted by Gasteiger charge is -2.32. The van der Waals surface area contributed by atoms with E-state index in [9.17, 15) is 0 Å². The van der Waals surface area contributed by atoms with Gasteiger partial charge in [-0.3, -0.25) is 4.90 Å². The fourth-order valence-corrected chi connectivity index (χ4v) is 3.79. The molecule has 144 valence electrons. The Labute approximate surface area is 169 Å². The molecule has 0 N–H and O–H groups in total. The predicted octanol–water partition coefficient (Wildman–Crippen LogP) is 6.15. The molecule has 27 heavy (non-hydrogen) atoms. The molecule has 0 amide bonds. The van der Waals surface area contributed by atoms with Gasteiger partial charge in [-0.2, -0.15) is 5.26 Å². The van der Waals surface area contributed by atoms with Gasteiger partial charge < -0.3 is 0 Å². The van der Waals surface area contributed by atoms with Crippen LogP contribution in [0.15, 0.2) is 54.6 Å². The van der Waals surface area contributed by atoms with Gasteiger partial charge in [0.2, 0.25) is 0 Å². The Kier molecular flexibility index (Phi) is 8.85. The highest BCUT2D eigenvalue weighted by Gasteiger charge is 2.29. The molecular weight excluding hydrogens is 352 g/mol. The Hall–Kier alpha value is -1.82. The topological polar surface area (TPSA) is 27.0 Å². The summed E-state index contributed by atoms with van der Waals surface area (Å²) in [6.45, 7) is 4.77. The van der Waals surface area contributed by atoms with E-state index in [0.717, 1.165) is 13.0 Å². The maximum Gasteiger partial charge on any atom is 0.0587 e. The van der Waals surface area contributed by atoms with E-state index in [1.165, 1.54) is 42.9 Å². The maximum atomic E-state index is 7.32. The molecule has 0 aromatic heterocycles. The zero-order valence-corrected chi connectivity index (χ0v) is 17.5. The molecule has 3 atom stereocenters. The molecule has 1 fully saturated rings. The molecule has 0 bridgehead atoms. The van der Waals surface area contributed by atoms with E-state index in [-0.39, 0.29) is 0 Å². The van der Waals surface area contributed by atoms with E-state index < -0.39 is 0 Å². The number of nitrogens with zero attached hydrogens (tertiary/aromatic N) is 2. The summed E-state index contributed by atoms with van der Waals surface area (Å²) in [5, 5.41) is 7.67. The first-order valence-electron chi connectivity index (χ1n) is 9.83. The fourth-order valence-electron chi connectivity index (χ4n) is 3.39. The first-order valence-corrected chi connectivity index (χ1v) is 10.3. The van der Waals surface area contributed by atoms with E-state index in [1.807, 2.05) is 0 Å². The lowest BCUT2D eigenvalue weighted by Crippen LogP contribution is -2.29. The van der Waals surface area contributed by atoms with Crippen molar-refractivity contribution in [3.8, 4) is 6.07 Å². The van der Waals surface area contributed by atoms with Gasteiger partial charge in [0.05, 0.1) is 6.07 Å². The Morgan fingerprint density at radius 1 is 1.07 bits per heavy atom. The van der Waals surface area contributed by atoms with Crippen LogP contribution in [0, 0.1) is 11.3 Å². The summed E-state index contributed by atoms with van der Waals surface area (Å²) in [5.41, 5.74) is 4.23. The summed E-state index contributed by atoms with van der Waals surface area (Å²) in [7, 11) is 2.22. The van der Waals surface area contributed by atoms with Crippen LogP contribution in [0.25, 0.3) is 0 Å². The first kappa shape index (κ1) is 21.5. The van der Waals surface area contributed by atoms with Crippen LogP contribution in [-0.2, 0) is 13.0 Å². The molecule has 1 aliphatic carbocycles. The molecule has 0 spiro atoms. The van der Waals surface area contributed by atoms with Crippen LogP contribution in [0.4, 0.5) is 0 Å². The summed E-state index contributed by atoms with van der Waals surface area (Å²) >= 11 is 6.29. The van der Waals surface area contributed by atoms with Crippen LogP contribution < -0.4 is 0 Å². The lowest BCUT2D eigenvalue weighted by atomic mass is 9.79. The Bertz CT molecular complexity index is 705. The minimum Gasteiger partial charge on any atom is -0.299 e. The van der Waals surface area contributed by atoms with E-state index >= 15 is 0 Å². The number of hydrogen-bond donors (Lipinski definition) is 0. The summed E-state index contributed by atoms with van der Waals surface area (Å²) < 4.78 is 0. The van der Waals surface area contributed by atoms with Crippen molar-refractivity contribution in [2.24, 2.45) is 0 Å². The SMILES string of the molecule is CC#N.CC(CCc1ccc(C2CCC2Cl)cc1)N(C)Cc1ccccc1. The van der Waals surface area contributed by atoms with Gasteiger partial charge in [0.15, 0.2) is 0 Å². The van der Waals surface area contributed by atoms with Crippen molar-refractivity contribution in [2.75, 3.05) is 7.05 Å². The smallest absolute Gasteiger partial charge is 0.0587 e. The average molecular weight is 383 g/mol. The van der Waals surface area contributed by atoms with Gasteiger partial charge in [-0.25, -0.2) is 0 Å². The predicted molar refractivity (Wildman–Crippen MR) is 115 cm³/mol. The second-order valence-corrected chi connectivity index (χ2v) is 8.01. The highest BCUT2D eigenvalue weighted by atomic mass is 35.5. The summed E-state index contributed by atoms with van der Waals surface area (Å²) in [4.78, 5) is 2.44. The lowest BCUT2D eigenvalue weighted by molar-refractivity contribution is 0.238. The fraction of sp³-hybridized carbons (Fsp3) is 0.458. The molecule has 3 unspecified atom stereocenters. The number of alkyl halides is 1. The highest BCUT2D eigenvalue weighted by Crippen LogP contribution is 2.40. The summed E-state index contributed by atoms with van der Waals surface area (Å²) in [6.07, 6.45) is 4.73. The molecule has 3 heteroatoms. The molecule has 3 rings (SSSR count). The third-order valence-electron chi connectivity index (χ3n) is 5.48. The van der Waals surface area contributed by atoms with Crippen LogP contribution in [0.5, 0.6) is 0 Å². The van der Waals surface area contributed by atoms with E-state index in [4.69, 9.17) is 16.9 Å². The monoisotopic (exact) mass is 382 g/mol. The van der Waals surface area contributed by atoms with Gasteiger partial charge in [0.25, 0.3) is 0 Å². The van der Waals surface area contributed by atoms with Crippen LogP contribution in [0.3, 0.4) is 0 Å². The normalized spacial score (nSPS) is 19.4. The standard InChI is InChI=1S/C22H28ClN.C2H3N/c1-17(24(2)16-19-6-4-3-5-7-19)8-9-18-10-12-20(13-11-18)21-14-15-22(21)23;1-2-3/h3-7,10-13,17,21-22H,8-9,14-16H2,1-2H3;1H3. The van der Waals surface area contributed by atoms with E-state index in [2.05, 4.69) is 73.5 Å². The quantitative estimate of drug-likeness (QED) is 0.536. The molecule has 2 aromatic carbocycles. The van der Waals surface area contributed by atoms with Crippen LogP contribution in [0.1, 0.15) is 55.7 Å². The summed E-state index contributed by atoms with van der Waals surface area (Å²) in [5.74, 6) is 0.580. The number of halogens is 1. The van der Waals surface area contributed by atoms with E-state index in [0.29, 0.717) is 17.3 Å². The van der Waals surface area contributed by atoms with Gasteiger partial charge in [0, 0.05) is 30.8 Å². The third-order valence-corrected chi connectivity index (χ3v) is 6.00. The number of hydrogen-bond acceptors (Lipinski definition) is 2. The van der Waals surface area contributed by atoms with Gasteiger partial charge >= 0.3 is 0 Å². The highest BCUT2D eigenvalue weighted by molar-refractivity contribution is 6.21. The second kappa shape index (κ2) is 11.1. The first-order chi connectivity index (χ1) is 13.0. The van der Waals surface area contributed by atoms with Crippen LogP contribution in [-0.4, -0.2) is 23.4 Å². The number of nitriles is 1. The Balaban J connectivity index is 0.000000817. The molecule has 0 saturated heterocycles. The Morgan fingerprint density at radius 2 is 1.70 bits per heavy atom. The number of aryl methyl sites for hydroxylation is 1. The van der Waals surface area contributed by atoms with Crippen LogP contribution in [0.2, 0.25) is 0 Å². The molecule has 2 nitrogen and oxygen atoms in total. The largest absolute Gasteiger partial charge is 0.299 e. The van der Waals surface area contributed by atoms with Gasteiger partial charge in [-0.05, 0) is 56.3 Å². The second-order valence-electron chi connectivity index (χ2n) is 7.45. The van der Waals surface area contributed by atoms with Gasteiger partial charge in [-0.1, -0.05) is 54.6 Å². The van der Waals surface area contributed by atoms with Crippen molar-refractivity contribution in [1.29, 1.82) is 5.26 Å². The van der Waals surface area contributed by atoms with Crippen LogP contribution >= 0.6 is 11.6 Å². The third kappa shape index (κ3) is 6.69. The van der Waals surface area contributed by atoms with Crippen molar-refractivity contribution >= 4 is 11.6 Å². The number of benzene rings is 2. The zero-order chi connectivity index (χ0) is 19.6. The maximum absolute atomic E-state index is 7.32. The average Bonchev–Trinajstić information content (AvgIpc) is 2.67. The van der Waals surface area contributed by atoms with Crippen molar-refractivity contribution in [1.82, 2.24) is 4.90 Å². The number of rotatable bonds is 7. The molecule has 1 saturated carbocycles. The van der Waals surface area contributed by atoms with Crippen molar-refractivity contribution in [3.05, 3.63) is 71.3 Å². The zero-order valence-electron chi connectivity index (χ0n) is 16.7. The van der Waals surface area contributed by atoms with Gasteiger partial charge in [-0.15, -0.1) is 11.6 Å². The minimum atomic E-state index is 0.350. The molecular formula is C24H31ClN2. The Morgan fingerprint density at radius 3 is 2.22 bits per heavy atom. The minimum absolute atomic E-state index is 0.350. The van der Waals surface area contributed by atoms with Gasteiger partial charge in [0.1, 0.15) is 0 Å². The van der Waals surface area contributed by atoms with Crippen molar-refractivity contribution in [3.63, 3.8) is 0 Å². The molecule has 1 aliphatic rings. The van der Waals surface area contributed by atoms with Crippen molar-refractivity contribution in [2.45, 2.75) is 63.4 Å². The molecule has 0 aliphatic heterocycles. The molecule has 0 radical (unpaired) electrons. The van der Waals surface area contributed by atoms with E-state index in [1.54, 1.807) is 6.07 Å².